The lowest BCUT2D eigenvalue weighted by molar-refractivity contribution is -0.385. The van der Waals surface area contributed by atoms with Gasteiger partial charge in [0.25, 0.3) is 0 Å². The molecule has 1 unspecified atom stereocenters. The number of rotatable bonds is 9. The first kappa shape index (κ1) is 17.7. The summed E-state index contributed by atoms with van der Waals surface area (Å²) in [6.45, 7) is 2.87. The van der Waals surface area contributed by atoms with Crippen molar-refractivity contribution in [3.8, 4) is 5.75 Å². The molecule has 1 atom stereocenters. The van der Waals surface area contributed by atoms with E-state index in [4.69, 9.17) is 4.74 Å². The van der Waals surface area contributed by atoms with Crippen LogP contribution in [0.25, 0.3) is 0 Å². The summed E-state index contributed by atoms with van der Waals surface area (Å²) in [7, 11) is 0. The van der Waals surface area contributed by atoms with E-state index in [0.29, 0.717) is 19.6 Å². The maximum atomic E-state index is 11.0. The van der Waals surface area contributed by atoms with Gasteiger partial charge in [-0.05, 0) is 25.0 Å². The van der Waals surface area contributed by atoms with Crippen LogP contribution in [0.1, 0.15) is 24.8 Å². The largest absolute Gasteiger partial charge is 0.487 e. The van der Waals surface area contributed by atoms with Gasteiger partial charge in [-0.25, -0.2) is 0 Å². The fraction of sp³-hybridized carbons (Fsp3) is 0.333. The maximum Gasteiger partial charge on any atom is 0.311 e. The van der Waals surface area contributed by atoms with Gasteiger partial charge in [0.1, 0.15) is 0 Å². The number of nitrogens with zero attached hydrogens (tertiary/aromatic N) is 1. The van der Waals surface area contributed by atoms with Crippen molar-refractivity contribution in [1.29, 1.82) is 0 Å². The average molecular weight is 330 g/mol. The van der Waals surface area contributed by atoms with Crippen molar-refractivity contribution in [3.05, 3.63) is 64.2 Å². The molecule has 2 aromatic carbocycles. The van der Waals surface area contributed by atoms with Crippen LogP contribution in [-0.4, -0.2) is 29.8 Å². The standard InChI is InChI=1S/C18H22N2O4/c1-2-24-18-12-16(8-9-17(18)20(22)23)19-13-15(10-11-21)14-6-4-3-5-7-14/h3-9,12,15,19,21H,2,10-11,13H2,1H3. The first-order chi connectivity index (χ1) is 11.7. The molecule has 0 radical (unpaired) electrons. The molecule has 2 N–H and O–H groups in total. The van der Waals surface area contributed by atoms with Crippen LogP contribution in [0, 0.1) is 10.1 Å². The Labute approximate surface area is 141 Å². The molecule has 0 bridgehead atoms. The van der Waals surface area contributed by atoms with Gasteiger partial charge < -0.3 is 15.2 Å². The molecule has 0 aliphatic carbocycles. The molecule has 2 rings (SSSR count). The minimum absolute atomic E-state index is 0.0441. The van der Waals surface area contributed by atoms with Gasteiger partial charge in [0.05, 0.1) is 11.5 Å². The highest BCUT2D eigenvalue weighted by molar-refractivity contribution is 5.58. The zero-order chi connectivity index (χ0) is 17.4. The number of hydrogen-bond acceptors (Lipinski definition) is 5. The third kappa shape index (κ3) is 4.70. The Hall–Kier alpha value is -2.60. The summed E-state index contributed by atoms with van der Waals surface area (Å²) in [6, 6.07) is 14.7. The van der Waals surface area contributed by atoms with Crippen LogP contribution < -0.4 is 10.1 Å². The molecule has 0 fully saturated rings. The molecule has 0 aliphatic rings. The Balaban J connectivity index is 2.11. The van der Waals surface area contributed by atoms with E-state index in [1.165, 1.54) is 6.07 Å². The second-order valence-electron chi connectivity index (χ2n) is 5.37. The Kier molecular flexibility index (Phi) is 6.57. The van der Waals surface area contributed by atoms with E-state index in [9.17, 15) is 15.2 Å². The SMILES string of the molecule is CCOc1cc(NCC(CCO)c2ccccc2)ccc1[N+](=O)[O-]. The molecule has 0 amide bonds. The minimum Gasteiger partial charge on any atom is -0.487 e. The normalized spacial score (nSPS) is 11.8. The lowest BCUT2D eigenvalue weighted by Gasteiger charge is -2.18. The topological polar surface area (TPSA) is 84.6 Å². The highest BCUT2D eigenvalue weighted by atomic mass is 16.6. The quantitative estimate of drug-likeness (QED) is 0.542. The van der Waals surface area contributed by atoms with E-state index >= 15 is 0 Å². The zero-order valence-corrected chi connectivity index (χ0v) is 13.6. The van der Waals surface area contributed by atoms with Crippen molar-refractivity contribution in [1.82, 2.24) is 0 Å². The molecular formula is C18H22N2O4. The molecule has 0 aliphatic heterocycles. The highest BCUT2D eigenvalue weighted by Crippen LogP contribution is 2.30. The van der Waals surface area contributed by atoms with E-state index in [2.05, 4.69) is 5.32 Å². The second kappa shape index (κ2) is 8.88. The molecule has 0 heterocycles. The number of aliphatic hydroxyl groups excluding tert-OH is 1. The molecule has 2 aromatic rings. The van der Waals surface area contributed by atoms with Crippen LogP contribution in [0.2, 0.25) is 0 Å². The van der Waals surface area contributed by atoms with Crippen molar-refractivity contribution in [2.45, 2.75) is 19.3 Å². The van der Waals surface area contributed by atoms with Crippen LogP contribution in [-0.2, 0) is 0 Å². The first-order valence-electron chi connectivity index (χ1n) is 7.96. The summed E-state index contributed by atoms with van der Waals surface area (Å²) in [5.74, 6) is 0.410. The fourth-order valence-electron chi connectivity index (χ4n) is 2.55. The second-order valence-corrected chi connectivity index (χ2v) is 5.37. The predicted molar refractivity (Wildman–Crippen MR) is 93.6 cm³/mol. The molecule has 6 nitrogen and oxygen atoms in total. The van der Waals surface area contributed by atoms with Crippen molar-refractivity contribution in [3.63, 3.8) is 0 Å². The van der Waals surface area contributed by atoms with E-state index in [1.54, 1.807) is 19.1 Å². The van der Waals surface area contributed by atoms with Crippen molar-refractivity contribution in [2.24, 2.45) is 0 Å². The van der Waals surface area contributed by atoms with Crippen molar-refractivity contribution >= 4 is 11.4 Å². The number of benzene rings is 2. The number of aliphatic hydroxyl groups is 1. The monoisotopic (exact) mass is 330 g/mol. The van der Waals surface area contributed by atoms with Crippen LogP contribution in [0.15, 0.2) is 48.5 Å². The summed E-state index contributed by atoms with van der Waals surface area (Å²) in [6.07, 6.45) is 0.641. The zero-order valence-electron chi connectivity index (χ0n) is 13.6. The Bertz CT molecular complexity index is 661. The molecule has 0 aromatic heterocycles. The number of nitro groups is 1. The number of anilines is 1. The van der Waals surface area contributed by atoms with E-state index in [-0.39, 0.29) is 24.0 Å². The van der Waals surface area contributed by atoms with Gasteiger partial charge in [-0.1, -0.05) is 30.3 Å². The van der Waals surface area contributed by atoms with E-state index in [0.717, 1.165) is 11.3 Å². The molecule has 0 saturated heterocycles. The highest BCUT2D eigenvalue weighted by Gasteiger charge is 2.16. The summed E-state index contributed by atoms with van der Waals surface area (Å²) in [5, 5.41) is 23.6. The Morgan fingerprint density at radius 2 is 2.00 bits per heavy atom. The fourth-order valence-corrected chi connectivity index (χ4v) is 2.55. The van der Waals surface area contributed by atoms with Crippen LogP contribution >= 0.6 is 0 Å². The third-order valence-electron chi connectivity index (χ3n) is 3.76. The number of hydrogen-bond donors (Lipinski definition) is 2. The van der Waals surface area contributed by atoms with Crippen molar-refractivity contribution < 1.29 is 14.8 Å². The number of nitro benzene ring substituents is 1. The van der Waals surface area contributed by atoms with Gasteiger partial charge in [-0.15, -0.1) is 0 Å². The lowest BCUT2D eigenvalue weighted by atomic mass is 9.96. The third-order valence-corrected chi connectivity index (χ3v) is 3.76. The van der Waals surface area contributed by atoms with Gasteiger partial charge in [0.2, 0.25) is 0 Å². The average Bonchev–Trinajstić information content (AvgIpc) is 2.59. The van der Waals surface area contributed by atoms with Crippen LogP contribution in [0.4, 0.5) is 11.4 Å². The Morgan fingerprint density at radius 1 is 1.25 bits per heavy atom. The smallest absolute Gasteiger partial charge is 0.311 e. The minimum atomic E-state index is -0.451. The number of ether oxygens (including phenoxy) is 1. The van der Waals surface area contributed by atoms with Crippen LogP contribution in [0.3, 0.4) is 0 Å². The number of nitrogens with one attached hydrogen (secondary N) is 1. The summed E-state index contributed by atoms with van der Waals surface area (Å²) < 4.78 is 5.36. The molecule has 0 saturated carbocycles. The van der Waals surface area contributed by atoms with Crippen molar-refractivity contribution in [2.75, 3.05) is 25.1 Å². The van der Waals surface area contributed by atoms with Gasteiger partial charge in [-0.3, -0.25) is 10.1 Å². The summed E-state index contributed by atoms with van der Waals surface area (Å²) in [4.78, 5) is 10.6. The maximum absolute atomic E-state index is 11.0. The van der Waals surface area contributed by atoms with Gasteiger partial charge in [-0.2, -0.15) is 0 Å². The predicted octanol–water partition coefficient (Wildman–Crippen LogP) is 3.57. The molecule has 24 heavy (non-hydrogen) atoms. The van der Waals surface area contributed by atoms with Crippen LogP contribution in [0.5, 0.6) is 5.75 Å². The summed E-state index contributed by atoms with van der Waals surface area (Å²) >= 11 is 0. The first-order valence-corrected chi connectivity index (χ1v) is 7.96. The van der Waals surface area contributed by atoms with Gasteiger partial charge >= 0.3 is 5.69 Å². The lowest BCUT2D eigenvalue weighted by Crippen LogP contribution is -2.14. The molecule has 6 heteroatoms. The van der Waals surface area contributed by atoms with Gasteiger partial charge in [0, 0.05) is 36.9 Å². The van der Waals surface area contributed by atoms with E-state index < -0.39 is 4.92 Å². The summed E-state index contributed by atoms with van der Waals surface area (Å²) in [5.41, 5.74) is 1.85. The molecule has 0 spiro atoms. The van der Waals surface area contributed by atoms with E-state index in [1.807, 2.05) is 30.3 Å². The Morgan fingerprint density at radius 3 is 2.62 bits per heavy atom. The molecule has 128 valence electrons. The molecular weight excluding hydrogens is 308 g/mol. The van der Waals surface area contributed by atoms with Gasteiger partial charge in [0.15, 0.2) is 5.75 Å².